The van der Waals surface area contributed by atoms with Crippen LogP contribution in [0.5, 0.6) is 0 Å². The maximum absolute atomic E-state index is 13.5. The number of benzene rings is 2. The summed E-state index contributed by atoms with van der Waals surface area (Å²) in [4.78, 5) is 26.5. The molecular formula is C26H26ClFN6O. The number of H-pyrrole nitrogens is 1. The number of rotatable bonds is 7. The van der Waals surface area contributed by atoms with Crippen molar-refractivity contribution in [2.75, 3.05) is 25.0 Å². The Morgan fingerprint density at radius 3 is 2.63 bits per heavy atom. The van der Waals surface area contributed by atoms with Gasteiger partial charge in [-0.2, -0.15) is 0 Å². The standard InChI is InChI=1S/C26H26ClFN6O/c27-21-12-19(8-9-22(21)28)32-25-20-13-23(33-26(20)31-16-30-25)18-6-4-17(5-7-18)14-29-24(35)15-34-10-2-1-3-11-34/h4-9,12-13,16H,1-3,10-11,14-15H2,(H,29,35)(H2,30,31,32,33). The predicted octanol–water partition coefficient (Wildman–Crippen LogP) is 5.26. The predicted molar refractivity (Wildman–Crippen MR) is 136 cm³/mol. The fraction of sp³-hybridized carbons (Fsp3) is 0.269. The zero-order chi connectivity index (χ0) is 24.2. The number of anilines is 2. The molecule has 4 aromatic rings. The van der Waals surface area contributed by atoms with Crippen LogP contribution in [0.3, 0.4) is 0 Å². The number of fused-ring (bicyclic) bond motifs is 1. The fourth-order valence-electron chi connectivity index (χ4n) is 4.28. The van der Waals surface area contributed by atoms with Crippen molar-refractivity contribution in [2.24, 2.45) is 0 Å². The molecule has 3 heterocycles. The van der Waals surface area contributed by atoms with Crippen molar-refractivity contribution < 1.29 is 9.18 Å². The summed E-state index contributed by atoms with van der Waals surface area (Å²) in [6.45, 7) is 2.98. The SMILES string of the molecule is O=C(CN1CCCCC1)NCc1ccc(-c2cc3c(Nc4ccc(F)c(Cl)c4)ncnc3[nH]2)cc1. The number of piperidine rings is 1. The number of carbonyl (C=O) groups is 1. The highest BCUT2D eigenvalue weighted by molar-refractivity contribution is 6.31. The molecule has 1 fully saturated rings. The Kier molecular flexibility index (Phi) is 6.92. The van der Waals surface area contributed by atoms with Crippen molar-refractivity contribution in [1.82, 2.24) is 25.2 Å². The topological polar surface area (TPSA) is 85.9 Å². The monoisotopic (exact) mass is 492 g/mol. The van der Waals surface area contributed by atoms with E-state index in [1.807, 2.05) is 30.3 Å². The number of carbonyl (C=O) groups excluding carboxylic acids is 1. The molecule has 0 radical (unpaired) electrons. The van der Waals surface area contributed by atoms with E-state index >= 15 is 0 Å². The Bertz CT molecular complexity index is 1330. The van der Waals surface area contributed by atoms with E-state index in [0.29, 0.717) is 30.2 Å². The van der Waals surface area contributed by atoms with Gasteiger partial charge in [-0.05, 0) is 61.3 Å². The molecule has 1 saturated heterocycles. The van der Waals surface area contributed by atoms with E-state index < -0.39 is 5.82 Å². The van der Waals surface area contributed by atoms with E-state index in [9.17, 15) is 9.18 Å². The summed E-state index contributed by atoms with van der Waals surface area (Å²) in [5, 5.41) is 7.04. The first-order valence-corrected chi connectivity index (χ1v) is 12.1. The van der Waals surface area contributed by atoms with Crippen LogP contribution >= 0.6 is 11.6 Å². The van der Waals surface area contributed by atoms with E-state index in [1.165, 1.54) is 37.7 Å². The van der Waals surface area contributed by atoms with Crippen LogP contribution in [0.4, 0.5) is 15.9 Å². The lowest BCUT2D eigenvalue weighted by Gasteiger charge is -2.25. The van der Waals surface area contributed by atoms with Gasteiger partial charge in [0.15, 0.2) is 0 Å². The van der Waals surface area contributed by atoms with Crippen LogP contribution in [-0.2, 0) is 11.3 Å². The van der Waals surface area contributed by atoms with E-state index in [1.54, 1.807) is 6.07 Å². The van der Waals surface area contributed by atoms with Crippen molar-refractivity contribution in [1.29, 1.82) is 0 Å². The number of amides is 1. The maximum Gasteiger partial charge on any atom is 0.234 e. The summed E-state index contributed by atoms with van der Waals surface area (Å²) in [6, 6.07) is 14.4. The molecule has 3 N–H and O–H groups in total. The number of likely N-dealkylation sites (tertiary alicyclic amines) is 1. The van der Waals surface area contributed by atoms with Gasteiger partial charge in [0.25, 0.3) is 0 Å². The molecule has 2 aromatic carbocycles. The Balaban J connectivity index is 1.25. The third-order valence-electron chi connectivity index (χ3n) is 6.18. The van der Waals surface area contributed by atoms with Crippen molar-refractivity contribution in [2.45, 2.75) is 25.8 Å². The molecule has 2 aromatic heterocycles. The Labute approximate surface area is 207 Å². The second-order valence-corrected chi connectivity index (χ2v) is 9.14. The van der Waals surface area contributed by atoms with Gasteiger partial charge >= 0.3 is 0 Å². The summed E-state index contributed by atoms with van der Waals surface area (Å²) in [6.07, 6.45) is 5.07. The average Bonchev–Trinajstić information content (AvgIpc) is 3.31. The number of aromatic nitrogens is 3. The van der Waals surface area contributed by atoms with Crippen molar-refractivity contribution >= 4 is 40.0 Å². The van der Waals surface area contributed by atoms with Crippen molar-refractivity contribution in [3.8, 4) is 11.3 Å². The number of aromatic amines is 1. The molecule has 0 bridgehead atoms. The van der Waals surface area contributed by atoms with Crippen LogP contribution in [-0.4, -0.2) is 45.4 Å². The van der Waals surface area contributed by atoms with Crippen LogP contribution < -0.4 is 10.6 Å². The molecule has 0 spiro atoms. The summed E-state index contributed by atoms with van der Waals surface area (Å²) in [7, 11) is 0. The van der Waals surface area contributed by atoms with Crippen LogP contribution in [0, 0.1) is 5.82 Å². The van der Waals surface area contributed by atoms with Gasteiger partial charge in [0.1, 0.15) is 23.6 Å². The van der Waals surface area contributed by atoms with Crippen LogP contribution in [0.1, 0.15) is 24.8 Å². The average molecular weight is 493 g/mol. The summed E-state index contributed by atoms with van der Waals surface area (Å²) < 4.78 is 13.5. The minimum Gasteiger partial charge on any atom is -0.351 e. The van der Waals surface area contributed by atoms with E-state index in [-0.39, 0.29) is 10.9 Å². The van der Waals surface area contributed by atoms with Gasteiger partial charge in [0.05, 0.1) is 17.0 Å². The van der Waals surface area contributed by atoms with Crippen LogP contribution in [0.2, 0.25) is 5.02 Å². The summed E-state index contributed by atoms with van der Waals surface area (Å²) in [5.41, 5.74) is 4.22. The first-order valence-electron chi connectivity index (χ1n) is 11.7. The number of hydrogen-bond acceptors (Lipinski definition) is 5. The molecule has 0 aliphatic carbocycles. The molecule has 1 aliphatic heterocycles. The molecule has 7 nitrogen and oxygen atoms in total. The molecule has 35 heavy (non-hydrogen) atoms. The lowest BCUT2D eigenvalue weighted by atomic mass is 10.1. The Morgan fingerprint density at radius 2 is 1.86 bits per heavy atom. The molecule has 9 heteroatoms. The number of halogens is 2. The number of hydrogen-bond donors (Lipinski definition) is 3. The summed E-state index contributed by atoms with van der Waals surface area (Å²) in [5.74, 6) is 0.180. The summed E-state index contributed by atoms with van der Waals surface area (Å²) >= 11 is 5.90. The quantitative estimate of drug-likeness (QED) is 0.327. The van der Waals surface area contributed by atoms with E-state index in [4.69, 9.17) is 11.6 Å². The van der Waals surface area contributed by atoms with Gasteiger partial charge < -0.3 is 15.6 Å². The molecule has 1 aliphatic rings. The zero-order valence-electron chi connectivity index (χ0n) is 19.2. The second kappa shape index (κ2) is 10.4. The zero-order valence-corrected chi connectivity index (χ0v) is 19.9. The smallest absolute Gasteiger partial charge is 0.234 e. The molecule has 0 saturated carbocycles. The van der Waals surface area contributed by atoms with Crippen molar-refractivity contribution in [3.05, 3.63) is 71.3 Å². The minimum absolute atomic E-state index is 0.0397. The molecule has 0 atom stereocenters. The van der Waals surface area contributed by atoms with Gasteiger partial charge in [-0.15, -0.1) is 0 Å². The number of nitrogens with one attached hydrogen (secondary N) is 3. The molecule has 0 unspecified atom stereocenters. The van der Waals surface area contributed by atoms with Crippen LogP contribution in [0.25, 0.3) is 22.3 Å². The van der Waals surface area contributed by atoms with Gasteiger partial charge in [-0.3, -0.25) is 9.69 Å². The first kappa shape index (κ1) is 23.3. The highest BCUT2D eigenvalue weighted by Crippen LogP contribution is 2.29. The second-order valence-electron chi connectivity index (χ2n) is 8.73. The Morgan fingerprint density at radius 1 is 1.06 bits per heavy atom. The largest absolute Gasteiger partial charge is 0.351 e. The molecule has 1 amide bonds. The highest BCUT2D eigenvalue weighted by Gasteiger charge is 2.14. The van der Waals surface area contributed by atoms with Crippen LogP contribution in [0.15, 0.2) is 54.9 Å². The third kappa shape index (κ3) is 5.61. The third-order valence-corrected chi connectivity index (χ3v) is 6.47. The number of nitrogens with zero attached hydrogens (tertiary/aromatic N) is 3. The molecular weight excluding hydrogens is 467 g/mol. The molecule has 5 rings (SSSR count). The van der Waals surface area contributed by atoms with E-state index in [2.05, 4.69) is 30.5 Å². The normalized spacial score (nSPS) is 14.2. The maximum atomic E-state index is 13.5. The van der Waals surface area contributed by atoms with Gasteiger partial charge in [-0.1, -0.05) is 42.3 Å². The van der Waals surface area contributed by atoms with E-state index in [0.717, 1.165) is 35.3 Å². The molecule has 180 valence electrons. The van der Waals surface area contributed by atoms with Gasteiger partial charge in [0, 0.05) is 17.9 Å². The first-order chi connectivity index (χ1) is 17.0. The Hall–Kier alpha value is -3.49. The lowest BCUT2D eigenvalue weighted by molar-refractivity contribution is -0.122. The minimum atomic E-state index is -0.473. The van der Waals surface area contributed by atoms with Gasteiger partial charge in [-0.25, -0.2) is 14.4 Å². The van der Waals surface area contributed by atoms with Crippen molar-refractivity contribution in [3.63, 3.8) is 0 Å². The fourth-order valence-corrected chi connectivity index (χ4v) is 4.47. The highest BCUT2D eigenvalue weighted by atomic mass is 35.5. The van der Waals surface area contributed by atoms with Gasteiger partial charge in [0.2, 0.25) is 5.91 Å². The lowest BCUT2D eigenvalue weighted by Crippen LogP contribution is -2.39.